The van der Waals surface area contributed by atoms with Gasteiger partial charge in [-0.05, 0) is 41.8 Å². The van der Waals surface area contributed by atoms with Crippen LogP contribution in [-0.2, 0) is 18.3 Å². The molecular formula is C28H24N8O2. The van der Waals surface area contributed by atoms with Crippen molar-refractivity contribution in [2.75, 3.05) is 18.2 Å². The number of para-hydroxylation sites is 1. The number of anilines is 2. The molecule has 3 N–H and O–H groups in total. The minimum Gasteiger partial charge on any atom is -0.495 e. The fourth-order valence-electron chi connectivity index (χ4n) is 4.66. The zero-order chi connectivity index (χ0) is 26.2. The Balaban J connectivity index is 1.33. The molecule has 4 aromatic heterocycles. The molecule has 6 aromatic rings. The van der Waals surface area contributed by atoms with Crippen LogP contribution in [0.2, 0.25) is 0 Å². The van der Waals surface area contributed by atoms with Crippen molar-refractivity contribution in [2.45, 2.75) is 6.42 Å². The minimum atomic E-state index is -0.146. The maximum atomic E-state index is 13.0. The Labute approximate surface area is 217 Å². The predicted octanol–water partition coefficient (Wildman–Crippen LogP) is 4.14. The lowest BCUT2D eigenvalue weighted by Gasteiger charge is -2.12. The molecule has 1 amide bonds. The van der Waals surface area contributed by atoms with Crippen molar-refractivity contribution in [3.8, 4) is 22.7 Å². The summed E-state index contributed by atoms with van der Waals surface area (Å²) in [5.41, 5.74) is 11.5. The molecule has 0 aliphatic carbocycles. The molecule has 0 atom stereocenters. The van der Waals surface area contributed by atoms with Gasteiger partial charge in [0.05, 0.1) is 30.3 Å². The van der Waals surface area contributed by atoms with Crippen LogP contribution in [0.3, 0.4) is 0 Å². The zero-order valence-electron chi connectivity index (χ0n) is 20.8. The molecule has 0 unspecified atom stereocenters. The summed E-state index contributed by atoms with van der Waals surface area (Å²) in [4.78, 5) is 25.7. The SMILES string of the molecule is COc1cc(-c2nn(-c3ccncc3)c3ncnc(N)c23)ccc1NC(=O)Cc1cc2ccccc2n1C. The average molecular weight is 505 g/mol. The van der Waals surface area contributed by atoms with Crippen LogP contribution in [0.25, 0.3) is 38.9 Å². The van der Waals surface area contributed by atoms with Gasteiger partial charge in [-0.25, -0.2) is 14.6 Å². The van der Waals surface area contributed by atoms with E-state index in [2.05, 4.69) is 20.3 Å². The number of nitrogen functional groups attached to an aromatic ring is 1. The van der Waals surface area contributed by atoms with Crippen molar-refractivity contribution in [3.05, 3.63) is 85.1 Å². The number of carbonyl (C=O) groups excluding carboxylic acids is 1. The quantitative estimate of drug-likeness (QED) is 0.349. The number of nitrogens with two attached hydrogens (primary N) is 1. The fourth-order valence-corrected chi connectivity index (χ4v) is 4.66. The van der Waals surface area contributed by atoms with Crippen molar-refractivity contribution in [3.63, 3.8) is 0 Å². The second-order valence-corrected chi connectivity index (χ2v) is 8.82. The Morgan fingerprint density at radius 3 is 2.66 bits per heavy atom. The number of pyridine rings is 1. The van der Waals surface area contributed by atoms with Crippen LogP contribution in [0.15, 0.2) is 79.4 Å². The number of carbonyl (C=O) groups is 1. The molecule has 0 saturated heterocycles. The second kappa shape index (κ2) is 9.32. The lowest BCUT2D eigenvalue weighted by Crippen LogP contribution is -2.16. The Morgan fingerprint density at radius 1 is 1.05 bits per heavy atom. The van der Waals surface area contributed by atoms with Gasteiger partial charge in [-0.15, -0.1) is 0 Å². The van der Waals surface area contributed by atoms with Crippen LogP contribution in [0.5, 0.6) is 5.75 Å². The van der Waals surface area contributed by atoms with Gasteiger partial charge in [0.1, 0.15) is 23.6 Å². The summed E-state index contributed by atoms with van der Waals surface area (Å²) in [5.74, 6) is 0.665. The monoisotopic (exact) mass is 504 g/mol. The third-order valence-corrected chi connectivity index (χ3v) is 6.54. The van der Waals surface area contributed by atoms with Crippen molar-refractivity contribution in [1.29, 1.82) is 0 Å². The molecule has 0 spiro atoms. The molecule has 0 radical (unpaired) electrons. The Kier molecular flexibility index (Phi) is 5.68. The van der Waals surface area contributed by atoms with Gasteiger partial charge < -0.3 is 20.4 Å². The third-order valence-electron chi connectivity index (χ3n) is 6.54. The van der Waals surface area contributed by atoms with E-state index in [-0.39, 0.29) is 12.3 Å². The maximum Gasteiger partial charge on any atom is 0.230 e. The van der Waals surface area contributed by atoms with E-state index in [0.717, 1.165) is 27.8 Å². The summed E-state index contributed by atoms with van der Waals surface area (Å²) in [6.07, 6.45) is 5.01. The van der Waals surface area contributed by atoms with Crippen molar-refractivity contribution < 1.29 is 9.53 Å². The topological polar surface area (TPSA) is 126 Å². The summed E-state index contributed by atoms with van der Waals surface area (Å²) in [7, 11) is 3.52. The van der Waals surface area contributed by atoms with Gasteiger partial charge in [0.25, 0.3) is 0 Å². The fraction of sp³-hybridized carbons (Fsp3) is 0.107. The van der Waals surface area contributed by atoms with Gasteiger partial charge in [-0.1, -0.05) is 24.3 Å². The molecule has 4 heterocycles. The summed E-state index contributed by atoms with van der Waals surface area (Å²) in [6.45, 7) is 0. The summed E-state index contributed by atoms with van der Waals surface area (Å²) >= 11 is 0. The van der Waals surface area contributed by atoms with E-state index in [9.17, 15) is 4.79 Å². The molecule has 10 heteroatoms. The molecule has 188 valence electrons. The first kappa shape index (κ1) is 23.2. The molecule has 0 saturated carbocycles. The highest BCUT2D eigenvalue weighted by atomic mass is 16.5. The molecule has 0 bridgehead atoms. The number of methoxy groups -OCH3 is 1. The van der Waals surface area contributed by atoms with E-state index in [1.165, 1.54) is 6.33 Å². The van der Waals surface area contributed by atoms with Crippen LogP contribution in [0.4, 0.5) is 11.5 Å². The molecule has 38 heavy (non-hydrogen) atoms. The third kappa shape index (κ3) is 3.97. The second-order valence-electron chi connectivity index (χ2n) is 8.82. The van der Waals surface area contributed by atoms with Crippen LogP contribution >= 0.6 is 0 Å². The highest BCUT2D eigenvalue weighted by Crippen LogP contribution is 2.36. The number of benzene rings is 2. The molecule has 2 aromatic carbocycles. The normalized spacial score (nSPS) is 11.2. The van der Waals surface area contributed by atoms with E-state index in [1.54, 1.807) is 30.3 Å². The molecule has 0 aliphatic rings. The van der Waals surface area contributed by atoms with Crippen molar-refractivity contribution in [1.82, 2.24) is 29.3 Å². The molecule has 0 aliphatic heterocycles. The first-order valence-electron chi connectivity index (χ1n) is 11.9. The Hall–Kier alpha value is -5.25. The maximum absolute atomic E-state index is 13.0. The van der Waals surface area contributed by atoms with Gasteiger partial charge in [0.2, 0.25) is 5.91 Å². The first-order chi connectivity index (χ1) is 18.5. The van der Waals surface area contributed by atoms with Crippen LogP contribution in [0.1, 0.15) is 5.69 Å². The van der Waals surface area contributed by atoms with E-state index in [0.29, 0.717) is 34.0 Å². The number of hydrogen-bond acceptors (Lipinski definition) is 7. The van der Waals surface area contributed by atoms with Crippen molar-refractivity contribution in [2.24, 2.45) is 7.05 Å². The summed E-state index contributed by atoms with van der Waals surface area (Å²) < 4.78 is 9.38. The number of nitrogens with zero attached hydrogens (tertiary/aromatic N) is 6. The predicted molar refractivity (Wildman–Crippen MR) is 146 cm³/mol. The van der Waals surface area contributed by atoms with Gasteiger partial charge >= 0.3 is 0 Å². The Bertz CT molecular complexity index is 1810. The number of ether oxygens (including phenoxy) is 1. The van der Waals surface area contributed by atoms with E-state index in [4.69, 9.17) is 15.6 Å². The van der Waals surface area contributed by atoms with E-state index in [1.807, 2.05) is 66.2 Å². The van der Waals surface area contributed by atoms with E-state index >= 15 is 0 Å². The smallest absolute Gasteiger partial charge is 0.230 e. The van der Waals surface area contributed by atoms with E-state index < -0.39 is 0 Å². The lowest BCUT2D eigenvalue weighted by molar-refractivity contribution is -0.115. The molecular weight excluding hydrogens is 480 g/mol. The minimum absolute atomic E-state index is 0.146. The molecule has 10 nitrogen and oxygen atoms in total. The summed E-state index contributed by atoms with van der Waals surface area (Å²) in [5, 5.41) is 9.51. The number of hydrogen-bond donors (Lipinski definition) is 2. The van der Waals surface area contributed by atoms with Crippen LogP contribution < -0.4 is 15.8 Å². The van der Waals surface area contributed by atoms with Crippen LogP contribution in [0, 0.1) is 0 Å². The molecule has 6 rings (SSSR count). The molecule has 0 fully saturated rings. The van der Waals surface area contributed by atoms with Gasteiger partial charge in [0.15, 0.2) is 5.65 Å². The number of amides is 1. The number of aryl methyl sites for hydroxylation is 1. The average Bonchev–Trinajstić information content (AvgIpc) is 3.48. The number of rotatable bonds is 6. The standard InChI is InChI=1S/C28H24N8O2/c1-35-20(13-17-5-3-4-6-22(17)35)15-24(37)33-21-8-7-18(14-23(21)38-2)26-25-27(29)31-16-32-28(25)36(34-26)19-9-11-30-12-10-19/h3-14,16H,15H2,1-2H3,(H,33,37)(H2,29,31,32). The lowest BCUT2D eigenvalue weighted by atomic mass is 10.1. The number of nitrogens with one attached hydrogen (secondary N) is 1. The summed E-state index contributed by atoms with van der Waals surface area (Å²) in [6, 6.07) is 19.2. The van der Waals surface area contributed by atoms with Gasteiger partial charge in [0, 0.05) is 36.2 Å². The van der Waals surface area contributed by atoms with Gasteiger partial charge in [-0.2, -0.15) is 5.10 Å². The van der Waals surface area contributed by atoms with Gasteiger partial charge in [-0.3, -0.25) is 9.78 Å². The van der Waals surface area contributed by atoms with Crippen molar-refractivity contribution >= 4 is 39.3 Å². The largest absolute Gasteiger partial charge is 0.495 e. The first-order valence-corrected chi connectivity index (χ1v) is 11.9. The zero-order valence-corrected chi connectivity index (χ0v) is 20.8. The highest BCUT2D eigenvalue weighted by molar-refractivity contribution is 6.00. The highest BCUT2D eigenvalue weighted by Gasteiger charge is 2.20. The Morgan fingerprint density at radius 2 is 1.87 bits per heavy atom. The van der Waals surface area contributed by atoms with Crippen LogP contribution in [-0.4, -0.2) is 42.3 Å². The number of fused-ring (bicyclic) bond motifs is 2. The number of aromatic nitrogens is 6.